The molecule has 0 radical (unpaired) electrons. The Balaban J connectivity index is 1.34. The monoisotopic (exact) mass is 439 g/mol. The summed E-state index contributed by atoms with van der Waals surface area (Å²) in [6, 6.07) is 16.5. The van der Waals surface area contributed by atoms with Gasteiger partial charge in [-0.15, -0.1) is 0 Å². The Hall–Kier alpha value is -2.93. The molecular weight excluding hydrogens is 402 g/mol. The summed E-state index contributed by atoms with van der Waals surface area (Å²) in [5.74, 6) is 2.21. The molecule has 2 N–H and O–H groups in total. The molecule has 7 nitrogen and oxygen atoms in total. The number of nitrogens with one attached hydrogen (secondary N) is 2. The van der Waals surface area contributed by atoms with Gasteiger partial charge in [0.05, 0.1) is 13.7 Å². The Morgan fingerprint density at radius 2 is 1.78 bits per heavy atom. The zero-order valence-electron chi connectivity index (χ0n) is 19.6. The van der Waals surface area contributed by atoms with E-state index >= 15 is 0 Å². The van der Waals surface area contributed by atoms with E-state index in [2.05, 4.69) is 55.8 Å². The van der Waals surface area contributed by atoms with E-state index in [0.29, 0.717) is 6.61 Å². The fourth-order valence-electron chi connectivity index (χ4n) is 3.87. The summed E-state index contributed by atoms with van der Waals surface area (Å²) in [5.41, 5.74) is 2.25. The largest absolute Gasteiger partial charge is 0.493 e. The van der Waals surface area contributed by atoms with Crippen molar-refractivity contribution in [1.29, 1.82) is 0 Å². The van der Waals surface area contributed by atoms with E-state index in [4.69, 9.17) is 9.47 Å². The third-order valence-corrected chi connectivity index (χ3v) is 5.64. The number of anilines is 2. The molecule has 0 unspecified atom stereocenters. The van der Waals surface area contributed by atoms with Gasteiger partial charge in [-0.05, 0) is 50.6 Å². The van der Waals surface area contributed by atoms with E-state index in [0.717, 1.165) is 68.8 Å². The van der Waals surface area contributed by atoms with Crippen molar-refractivity contribution in [2.45, 2.75) is 19.8 Å². The lowest BCUT2D eigenvalue weighted by molar-refractivity contribution is 0.253. The van der Waals surface area contributed by atoms with Crippen LogP contribution in [-0.4, -0.2) is 70.9 Å². The van der Waals surface area contributed by atoms with E-state index in [1.165, 1.54) is 12.1 Å². The molecule has 1 fully saturated rings. The molecule has 0 aromatic heterocycles. The summed E-state index contributed by atoms with van der Waals surface area (Å²) in [5, 5.41) is 6.73. The summed E-state index contributed by atoms with van der Waals surface area (Å²) in [7, 11) is 3.43. The molecule has 0 saturated carbocycles. The topological polar surface area (TPSA) is 61.4 Å². The molecule has 1 aliphatic heterocycles. The molecule has 0 aliphatic carbocycles. The van der Waals surface area contributed by atoms with Gasteiger partial charge in [-0.25, -0.2) is 0 Å². The van der Waals surface area contributed by atoms with Gasteiger partial charge in [0.15, 0.2) is 17.5 Å². The highest BCUT2D eigenvalue weighted by Gasteiger charge is 2.16. The number of guanidine groups is 1. The molecule has 174 valence electrons. The molecule has 0 bridgehead atoms. The van der Waals surface area contributed by atoms with E-state index in [1.54, 1.807) is 14.2 Å². The number of ether oxygens (including phenoxy) is 2. The highest BCUT2D eigenvalue weighted by atomic mass is 16.5. The summed E-state index contributed by atoms with van der Waals surface area (Å²) >= 11 is 0. The van der Waals surface area contributed by atoms with Crippen molar-refractivity contribution in [1.82, 2.24) is 10.2 Å². The minimum absolute atomic E-state index is 0.591. The van der Waals surface area contributed by atoms with Crippen LogP contribution >= 0.6 is 0 Å². The first kappa shape index (κ1) is 23.7. The molecule has 0 atom stereocenters. The minimum atomic E-state index is 0.591. The van der Waals surface area contributed by atoms with E-state index in [1.807, 2.05) is 25.1 Å². The number of benzene rings is 2. The Morgan fingerprint density at radius 1 is 1.00 bits per heavy atom. The number of para-hydroxylation sites is 1. The summed E-state index contributed by atoms with van der Waals surface area (Å²) in [4.78, 5) is 9.38. The third-order valence-electron chi connectivity index (χ3n) is 5.64. The molecule has 1 saturated heterocycles. The normalized spacial score (nSPS) is 14.8. The molecular formula is C25H37N5O2. The number of piperazine rings is 1. The summed E-state index contributed by atoms with van der Waals surface area (Å²) in [6.07, 6.45) is 2.28. The first-order valence-corrected chi connectivity index (χ1v) is 11.5. The quantitative estimate of drug-likeness (QED) is 0.335. The molecule has 0 spiro atoms. The van der Waals surface area contributed by atoms with Crippen LogP contribution in [0.4, 0.5) is 11.4 Å². The molecule has 2 aromatic rings. The van der Waals surface area contributed by atoms with Crippen LogP contribution in [0, 0.1) is 0 Å². The van der Waals surface area contributed by atoms with Crippen LogP contribution < -0.4 is 25.0 Å². The van der Waals surface area contributed by atoms with Gasteiger partial charge in [0.25, 0.3) is 0 Å². The number of hydrogen-bond acceptors (Lipinski definition) is 5. The van der Waals surface area contributed by atoms with Crippen LogP contribution in [-0.2, 0) is 0 Å². The zero-order valence-corrected chi connectivity index (χ0v) is 19.6. The third kappa shape index (κ3) is 7.05. The van der Waals surface area contributed by atoms with Crippen molar-refractivity contribution >= 4 is 17.3 Å². The predicted octanol–water partition coefficient (Wildman–Crippen LogP) is 3.68. The second-order valence-electron chi connectivity index (χ2n) is 7.79. The van der Waals surface area contributed by atoms with Gasteiger partial charge in [-0.1, -0.05) is 18.2 Å². The number of rotatable bonds is 10. The lowest BCUT2D eigenvalue weighted by Crippen LogP contribution is -2.46. The smallest absolute Gasteiger partial charge is 0.195 e. The van der Waals surface area contributed by atoms with E-state index < -0.39 is 0 Å². The van der Waals surface area contributed by atoms with Crippen molar-refractivity contribution in [2.24, 2.45) is 4.99 Å². The van der Waals surface area contributed by atoms with Crippen molar-refractivity contribution in [3.05, 3.63) is 48.5 Å². The molecule has 1 aliphatic rings. The van der Waals surface area contributed by atoms with Crippen LogP contribution in [0.1, 0.15) is 19.8 Å². The second-order valence-corrected chi connectivity index (χ2v) is 7.79. The van der Waals surface area contributed by atoms with Gasteiger partial charge in [0.1, 0.15) is 0 Å². The first-order chi connectivity index (χ1) is 15.7. The van der Waals surface area contributed by atoms with Gasteiger partial charge >= 0.3 is 0 Å². The highest BCUT2D eigenvalue weighted by Crippen LogP contribution is 2.30. The summed E-state index contributed by atoms with van der Waals surface area (Å²) in [6.45, 7) is 9.05. The minimum Gasteiger partial charge on any atom is -0.493 e. The standard InChI is InChI=1S/C25H37N5O2/c1-4-32-24-20-21(12-13-23(24)31-3)28-25(26-2)27-14-8-9-15-29-16-18-30(19-17-29)22-10-6-5-7-11-22/h5-7,10-13,20H,4,8-9,14-19H2,1-3H3,(H2,26,27,28). The predicted molar refractivity (Wildman–Crippen MR) is 133 cm³/mol. The maximum Gasteiger partial charge on any atom is 0.195 e. The number of unbranched alkanes of at least 4 members (excludes halogenated alkanes) is 1. The molecule has 32 heavy (non-hydrogen) atoms. The highest BCUT2D eigenvalue weighted by molar-refractivity contribution is 5.93. The molecule has 3 rings (SSSR count). The Kier molecular flexibility index (Phi) is 9.50. The van der Waals surface area contributed by atoms with Crippen molar-refractivity contribution in [3.63, 3.8) is 0 Å². The van der Waals surface area contributed by atoms with Gasteiger partial charge in [-0.2, -0.15) is 0 Å². The average molecular weight is 440 g/mol. The van der Waals surface area contributed by atoms with Crippen LogP contribution in [0.25, 0.3) is 0 Å². The molecule has 0 amide bonds. The number of methoxy groups -OCH3 is 1. The maximum atomic E-state index is 5.65. The van der Waals surface area contributed by atoms with Crippen molar-refractivity contribution in [3.8, 4) is 11.5 Å². The fraction of sp³-hybridized carbons (Fsp3) is 0.480. The SMILES string of the molecule is CCOc1cc(NC(=NC)NCCCCN2CCN(c3ccccc3)CC2)ccc1OC. The number of aliphatic imine (C=N–C) groups is 1. The van der Waals surface area contributed by atoms with Crippen LogP contribution in [0.3, 0.4) is 0 Å². The first-order valence-electron chi connectivity index (χ1n) is 11.5. The van der Waals surface area contributed by atoms with Gasteiger partial charge in [-0.3, -0.25) is 9.89 Å². The maximum absolute atomic E-state index is 5.65. The van der Waals surface area contributed by atoms with Crippen molar-refractivity contribution < 1.29 is 9.47 Å². The van der Waals surface area contributed by atoms with E-state index in [9.17, 15) is 0 Å². The van der Waals surface area contributed by atoms with Gasteiger partial charge in [0, 0.05) is 57.2 Å². The van der Waals surface area contributed by atoms with E-state index in [-0.39, 0.29) is 0 Å². The van der Waals surface area contributed by atoms with Crippen LogP contribution in [0.15, 0.2) is 53.5 Å². The van der Waals surface area contributed by atoms with Crippen LogP contribution in [0.2, 0.25) is 0 Å². The fourth-order valence-corrected chi connectivity index (χ4v) is 3.87. The van der Waals surface area contributed by atoms with Gasteiger partial charge in [0.2, 0.25) is 0 Å². The lowest BCUT2D eigenvalue weighted by atomic mass is 10.2. The number of hydrogen-bond donors (Lipinski definition) is 2. The Labute approximate surface area is 192 Å². The zero-order chi connectivity index (χ0) is 22.6. The summed E-state index contributed by atoms with van der Waals surface area (Å²) < 4.78 is 11.0. The van der Waals surface area contributed by atoms with Crippen molar-refractivity contribution in [2.75, 3.05) is 70.2 Å². The molecule has 2 aromatic carbocycles. The second kappa shape index (κ2) is 12.8. The average Bonchev–Trinajstić information content (AvgIpc) is 2.84. The lowest BCUT2D eigenvalue weighted by Gasteiger charge is -2.36. The van der Waals surface area contributed by atoms with Crippen LogP contribution in [0.5, 0.6) is 11.5 Å². The molecule has 1 heterocycles. The molecule has 7 heteroatoms. The Bertz CT molecular complexity index is 835. The number of nitrogens with zero attached hydrogens (tertiary/aromatic N) is 3. The van der Waals surface area contributed by atoms with Gasteiger partial charge < -0.3 is 25.0 Å². The Morgan fingerprint density at radius 3 is 2.47 bits per heavy atom.